The van der Waals surface area contributed by atoms with E-state index in [9.17, 15) is 0 Å². The molecule has 14 heavy (non-hydrogen) atoms. The third-order valence-electron chi connectivity index (χ3n) is 2.65. The molecule has 0 unspecified atom stereocenters. The molecule has 0 radical (unpaired) electrons. The molecule has 0 atom stereocenters. The maximum atomic E-state index is 5.78. The zero-order valence-electron chi connectivity index (χ0n) is 9.73. The molecule has 1 nitrogen and oxygen atoms in total. The highest BCUT2D eigenvalue weighted by Crippen LogP contribution is 2.20. The van der Waals surface area contributed by atoms with E-state index in [0.717, 1.165) is 6.61 Å². The fourth-order valence-electron chi connectivity index (χ4n) is 1.83. The van der Waals surface area contributed by atoms with E-state index in [1.54, 1.807) is 0 Å². The van der Waals surface area contributed by atoms with Crippen molar-refractivity contribution in [1.82, 2.24) is 0 Å². The molecule has 1 aliphatic rings. The number of hydrogen-bond acceptors (Lipinski definition) is 1. The number of unbranched alkanes of at least 4 members (excludes halogenated alkanes) is 2. The van der Waals surface area contributed by atoms with Gasteiger partial charge in [-0.25, -0.2) is 0 Å². The Bertz CT molecular complexity index is 100. The summed E-state index contributed by atoms with van der Waals surface area (Å²) in [7, 11) is 0. The number of hydrogen-bond donors (Lipinski definition) is 0. The summed E-state index contributed by atoms with van der Waals surface area (Å²) in [6.45, 7) is 3.24. The van der Waals surface area contributed by atoms with Gasteiger partial charge in [-0.15, -0.1) is 0 Å². The molecule has 86 valence electrons. The summed E-state index contributed by atoms with van der Waals surface area (Å²) in [5.41, 5.74) is 0. The summed E-state index contributed by atoms with van der Waals surface area (Å²) >= 11 is 2.15. The zero-order chi connectivity index (χ0) is 10.6. The van der Waals surface area contributed by atoms with Gasteiger partial charge in [0.1, 0.15) is 0 Å². The molecule has 0 bridgehead atoms. The molecule has 0 spiro atoms. The highest BCUT2D eigenvalue weighted by Gasteiger charge is 2.12. The predicted octanol–water partition coefficient (Wildman–Crippen LogP) is 4.58. The van der Waals surface area contributed by atoms with Crippen LogP contribution in [0.4, 0.5) is 0 Å². The lowest BCUT2D eigenvalue weighted by molar-refractivity contribution is 0.0264. The van der Waals surface area contributed by atoms with Crippen molar-refractivity contribution in [3.8, 4) is 0 Å². The Morgan fingerprint density at radius 1 is 1.07 bits per heavy atom. The standard InChI is InChI=1S/C11H22O.CH3I/c1-2-3-7-10-12-11-8-5-4-6-9-11;1-2/h11H,2-10H2,1H3;1H3. The molecule has 0 saturated heterocycles. The Morgan fingerprint density at radius 3 is 2.29 bits per heavy atom. The van der Waals surface area contributed by atoms with Crippen LogP contribution in [0.2, 0.25) is 0 Å². The molecule has 0 N–H and O–H groups in total. The van der Waals surface area contributed by atoms with Crippen LogP contribution in [-0.4, -0.2) is 17.6 Å². The van der Waals surface area contributed by atoms with Gasteiger partial charge in [0, 0.05) is 6.61 Å². The lowest BCUT2D eigenvalue weighted by atomic mass is 9.98. The van der Waals surface area contributed by atoms with Crippen molar-refractivity contribution in [3.05, 3.63) is 0 Å². The van der Waals surface area contributed by atoms with Crippen molar-refractivity contribution in [2.24, 2.45) is 0 Å². The van der Waals surface area contributed by atoms with Gasteiger partial charge in [-0.3, -0.25) is 0 Å². The van der Waals surface area contributed by atoms with Crippen LogP contribution >= 0.6 is 22.6 Å². The smallest absolute Gasteiger partial charge is 0.0575 e. The summed E-state index contributed by atoms with van der Waals surface area (Å²) in [5.74, 6) is 0. The van der Waals surface area contributed by atoms with E-state index in [-0.39, 0.29) is 0 Å². The Balaban J connectivity index is 0.000000791. The second-order valence-electron chi connectivity index (χ2n) is 3.84. The van der Waals surface area contributed by atoms with Crippen LogP contribution < -0.4 is 0 Å². The fourth-order valence-corrected chi connectivity index (χ4v) is 1.83. The quantitative estimate of drug-likeness (QED) is 0.410. The minimum absolute atomic E-state index is 0.607. The summed E-state index contributed by atoms with van der Waals surface area (Å²) in [6, 6.07) is 0. The largest absolute Gasteiger partial charge is 0.378 e. The third kappa shape index (κ3) is 8.04. The molecular weight excluding hydrogens is 287 g/mol. The molecule has 1 aliphatic carbocycles. The predicted molar refractivity (Wildman–Crippen MR) is 72.3 cm³/mol. The molecule has 0 aromatic carbocycles. The van der Waals surface area contributed by atoms with Crippen molar-refractivity contribution in [2.45, 2.75) is 64.4 Å². The van der Waals surface area contributed by atoms with Crippen LogP contribution in [0.1, 0.15) is 58.3 Å². The van der Waals surface area contributed by atoms with Gasteiger partial charge in [-0.2, -0.15) is 0 Å². The summed E-state index contributed by atoms with van der Waals surface area (Å²) in [6.07, 6.45) is 11.3. The molecule has 0 amide bonds. The third-order valence-corrected chi connectivity index (χ3v) is 2.65. The van der Waals surface area contributed by atoms with Crippen LogP contribution in [-0.2, 0) is 4.74 Å². The van der Waals surface area contributed by atoms with Gasteiger partial charge >= 0.3 is 0 Å². The average Bonchev–Trinajstić information content (AvgIpc) is 2.29. The van der Waals surface area contributed by atoms with E-state index in [1.807, 2.05) is 4.93 Å². The van der Waals surface area contributed by atoms with Gasteiger partial charge in [-0.05, 0) is 24.2 Å². The lowest BCUT2D eigenvalue weighted by Crippen LogP contribution is -2.17. The summed E-state index contributed by atoms with van der Waals surface area (Å²) in [4.78, 5) is 1.97. The van der Waals surface area contributed by atoms with Gasteiger partial charge in [0.05, 0.1) is 6.10 Å². The van der Waals surface area contributed by atoms with Crippen molar-refractivity contribution in [3.63, 3.8) is 0 Å². The van der Waals surface area contributed by atoms with E-state index < -0.39 is 0 Å². The molecule has 1 fully saturated rings. The van der Waals surface area contributed by atoms with E-state index in [0.29, 0.717) is 6.10 Å². The van der Waals surface area contributed by atoms with Crippen molar-refractivity contribution in [2.75, 3.05) is 11.5 Å². The van der Waals surface area contributed by atoms with Gasteiger partial charge in [0.2, 0.25) is 0 Å². The summed E-state index contributed by atoms with van der Waals surface area (Å²) < 4.78 is 5.78. The van der Waals surface area contributed by atoms with E-state index in [2.05, 4.69) is 29.5 Å². The highest BCUT2D eigenvalue weighted by molar-refractivity contribution is 14.1. The number of rotatable bonds is 5. The second kappa shape index (κ2) is 11.8. The van der Waals surface area contributed by atoms with Gasteiger partial charge in [-0.1, -0.05) is 61.6 Å². The fraction of sp³-hybridized carbons (Fsp3) is 1.00. The van der Waals surface area contributed by atoms with E-state index in [1.165, 1.54) is 51.4 Å². The Labute approximate surface area is 103 Å². The minimum Gasteiger partial charge on any atom is -0.378 e. The number of halogens is 1. The molecule has 2 heteroatoms. The Kier molecular flexibility index (Phi) is 12.3. The number of ether oxygens (including phenoxy) is 1. The molecule has 0 aromatic heterocycles. The van der Waals surface area contributed by atoms with Crippen molar-refractivity contribution in [1.29, 1.82) is 0 Å². The van der Waals surface area contributed by atoms with Crippen molar-refractivity contribution < 1.29 is 4.74 Å². The average molecular weight is 312 g/mol. The summed E-state index contributed by atoms with van der Waals surface area (Å²) in [5, 5.41) is 0. The number of alkyl halides is 1. The first-order valence-electron chi connectivity index (χ1n) is 5.93. The maximum absolute atomic E-state index is 5.78. The van der Waals surface area contributed by atoms with Gasteiger partial charge in [0.15, 0.2) is 0 Å². The van der Waals surface area contributed by atoms with Crippen LogP contribution in [0.25, 0.3) is 0 Å². The normalized spacial score (nSPS) is 17.4. The van der Waals surface area contributed by atoms with Gasteiger partial charge < -0.3 is 4.74 Å². The molecule has 1 saturated carbocycles. The van der Waals surface area contributed by atoms with Crippen LogP contribution in [0.5, 0.6) is 0 Å². The molecule has 0 aliphatic heterocycles. The SMILES string of the molecule is CCCCCOC1CCCCC1.CI. The van der Waals surface area contributed by atoms with E-state index >= 15 is 0 Å². The molecule has 0 aromatic rings. The highest BCUT2D eigenvalue weighted by atomic mass is 127. The zero-order valence-corrected chi connectivity index (χ0v) is 11.9. The Hall–Kier alpha value is 0.690. The molecular formula is C12H25IO. The second-order valence-corrected chi connectivity index (χ2v) is 3.84. The lowest BCUT2D eigenvalue weighted by Gasteiger charge is -2.21. The van der Waals surface area contributed by atoms with Crippen molar-refractivity contribution >= 4 is 22.6 Å². The minimum atomic E-state index is 0.607. The van der Waals surface area contributed by atoms with Crippen LogP contribution in [0.3, 0.4) is 0 Å². The first kappa shape index (κ1) is 14.7. The maximum Gasteiger partial charge on any atom is 0.0575 e. The first-order valence-corrected chi connectivity index (χ1v) is 8.08. The van der Waals surface area contributed by atoms with Gasteiger partial charge in [0.25, 0.3) is 0 Å². The first-order chi connectivity index (χ1) is 6.93. The monoisotopic (exact) mass is 312 g/mol. The van der Waals surface area contributed by atoms with E-state index in [4.69, 9.17) is 4.74 Å². The van der Waals surface area contributed by atoms with Crippen LogP contribution in [0, 0.1) is 0 Å². The van der Waals surface area contributed by atoms with Crippen LogP contribution in [0.15, 0.2) is 0 Å². The molecule has 0 heterocycles. The Morgan fingerprint density at radius 2 is 1.71 bits per heavy atom. The topological polar surface area (TPSA) is 9.23 Å². The molecule has 1 rings (SSSR count).